The SMILES string of the molecule is CC1(C(=O)NC2CCC(C(F)(F)F)NC2)CCCCC1. The molecule has 1 aliphatic heterocycles. The Labute approximate surface area is 117 Å². The Bertz CT molecular complexity index is 343. The summed E-state index contributed by atoms with van der Waals surface area (Å²) in [6.45, 7) is 2.17. The smallest absolute Gasteiger partial charge is 0.352 e. The average molecular weight is 292 g/mol. The van der Waals surface area contributed by atoms with E-state index in [0.717, 1.165) is 25.7 Å². The molecule has 2 atom stereocenters. The third-order valence-corrected chi connectivity index (χ3v) is 4.65. The molecular weight excluding hydrogens is 269 g/mol. The molecular formula is C14H23F3N2O. The number of hydrogen-bond donors (Lipinski definition) is 2. The first kappa shape index (κ1) is 15.6. The number of carbonyl (C=O) groups excluding carboxylic acids is 1. The van der Waals surface area contributed by atoms with Crippen LogP contribution in [0.4, 0.5) is 13.2 Å². The Morgan fingerprint density at radius 3 is 2.35 bits per heavy atom. The molecule has 1 heterocycles. The second-order valence-electron chi connectivity index (χ2n) is 6.37. The van der Waals surface area contributed by atoms with E-state index in [0.29, 0.717) is 6.42 Å². The van der Waals surface area contributed by atoms with Crippen LogP contribution in [0.25, 0.3) is 0 Å². The number of rotatable bonds is 2. The van der Waals surface area contributed by atoms with Gasteiger partial charge in [0.2, 0.25) is 5.91 Å². The van der Waals surface area contributed by atoms with Gasteiger partial charge in [-0.15, -0.1) is 0 Å². The zero-order valence-electron chi connectivity index (χ0n) is 11.9. The van der Waals surface area contributed by atoms with E-state index in [-0.39, 0.29) is 30.3 Å². The summed E-state index contributed by atoms with van der Waals surface area (Å²) >= 11 is 0. The molecule has 2 unspecified atom stereocenters. The van der Waals surface area contributed by atoms with Crippen LogP contribution in [-0.2, 0) is 4.79 Å². The number of nitrogens with one attached hydrogen (secondary N) is 2. The maximum atomic E-state index is 12.5. The fourth-order valence-corrected chi connectivity index (χ4v) is 3.18. The predicted octanol–water partition coefficient (Wildman–Crippen LogP) is 2.76. The highest BCUT2D eigenvalue weighted by Crippen LogP contribution is 2.36. The Morgan fingerprint density at radius 1 is 1.20 bits per heavy atom. The van der Waals surface area contributed by atoms with Crippen molar-refractivity contribution in [1.29, 1.82) is 0 Å². The molecule has 0 aromatic rings. The minimum Gasteiger partial charge on any atom is -0.352 e. The van der Waals surface area contributed by atoms with Crippen LogP contribution >= 0.6 is 0 Å². The summed E-state index contributed by atoms with van der Waals surface area (Å²) in [5, 5.41) is 5.42. The van der Waals surface area contributed by atoms with Crippen LogP contribution in [0.3, 0.4) is 0 Å². The van der Waals surface area contributed by atoms with E-state index in [1.165, 1.54) is 6.42 Å². The summed E-state index contributed by atoms with van der Waals surface area (Å²) < 4.78 is 37.6. The largest absolute Gasteiger partial charge is 0.403 e. The molecule has 1 aliphatic carbocycles. The van der Waals surface area contributed by atoms with Gasteiger partial charge in [-0.25, -0.2) is 0 Å². The molecule has 2 aliphatic rings. The van der Waals surface area contributed by atoms with Crippen LogP contribution in [0.2, 0.25) is 0 Å². The monoisotopic (exact) mass is 292 g/mol. The molecule has 0 aromatic heterocycles. The van der Waals surface area contributed by atoms with Gasteiger partial charge in [-0.05, 0) is 25.7 Å². The first-order chi connectivity index (χ1) is 9.31. The fourth-order valence-electron chi connectivity index (χ4n) is 3.18. The summed E-state index contributed by atoms with van der Waals surface area (Å²) in [5.41, 5.74) is -0.334. The lowest BCUT2D eigenvalue weighted by Gasteiger charge is -2.36. The lowest BCUT2D eigenvalue weighted by atomic mass is 9.75. The maximum Gasteiger partial charge on any atom is 0.403 e. The first-order valence-corrected chi connectivity index (χ1v) is 7.42. The molecule has 0 spiro atoms. The van der Waals surface area contributed by atoms with Gasteiger partial charge >= 0.3 is 6.18 Å². The number of carbonyl (C=O) groups is 1. The van der Waals surface area contributed by atoms with Gasteiger partial charge in [0.25, 0.3) is 0 Å². The molecule has 1 saturated carbocycles. The Kier molecular flexibility index (Phi) is 4.62. The molecule has 20 heavy (non-hydrogen) atoms. The topological polar surface area (TPSA) is 41.1 Å². The quantitative estimate of drug-likeness (QED) is 0.821. The third kappa shape index (κ3) is 3.65. The van der Waals surface area contributed by atoms with Gasteiger partial charge in [0.05, 0.1) is 0 Å². The van der Waals surface area contributed by atoms with Gasteiger partial charge in [0.15, 0.2) is 0 Å². The average Bonchev–Trinajstić information content (AvgIpc) is 2.39. The van der Waals surface area contributed by atoms with E-state index >= 15 is 0 Å². The van der Waals surface area contributed by atoms with Crippen LogP contribution in [0.5, 0.6) is 0 Å². The van der Waals surface area contributed by atoms with Crippen molar-refractivity contribution in [2.75, 3.05) is 6.54 Å². The van der Waals surface area contributed by atoms with Crippen molar-refractivity contribution in [3.63, 3.8) is 0 Å². The fraction of sp³-hybridized carbons (Fsp3) is 0.929. The zero-order chi connectivity index (χ0) is 14.8. The number of alkyl halides is 3. The Hall–Kier alpha value is -0.780. The van der Waals surface area contributed by atoms with E-state index < -0.39 is 12.2 Å². The van der Waals surface area contributed by atoms with Crippen LogP contribution in [-0.4, -0.2) is 30.7 Å². The van der Waals surface area contributed by atoms with Crippen molar-refractivity contribution >= 4 is 5.91 Å². The molecule has 3 nitrogen and oxygen atoms in total. The molecule has 6 heteroatoms. The van der Waals surface area contributed by atoms with Gasteiger partial charge in [0.1, 0.15) is 6.04 Å². The number of halogens is 3. The van der Waals surface area contributed by atoms with E-state index in [4.69, 9.17) is 0 Å². The zero-order valence-corrected chi connectivity index (χ0v) is 11.9. The third-order valence-electron chi connectivity index (χ3n) is 4.65. The number of hydrogen-bond acceptors (Lipinski definition) is 2. The summed E-state index contributed by atoms with van der Waals surface area (Å²) in [6.07, 6.45) is 1.27. The maximum absolute atomic E-state index is 12.5. The van der Waals surface area contributed by atoms with Crippen molar-refractivity contribution in [3.05, 3.63) is 0 Å². The van der Waals surface area contributed by atoms with Crippen molar-refractivity contribution in [1.82, 2.24) is 10.6 Å². The molecule has 2 fully saturated rings. The number of amides is 1. The van der Waals surface area contributed by atoms with Crippen LogP contribution < -0.4 is 10.6 Å². The Morgan fingerprint density at radius 2 is 1.85 bits per heavy atom. The molecule has 1 saturated heterocycles. The molecule has 2 N–H and O–H groups in total. The van der Waals surface area contributed by atoms with Gasteiger partial charge in [-0.2, -0.15) is 13.2 Å². The lowest BCUT2D eigenvalue weighted by Crippen LogP contribution is -2.56. The van der Waals surface area contributed by atoms with Gasteiger partial charge in [-0.3, -0.25) is 4.79 Å². The predicted molar refractivity (Wildman–Crippen MR) is 70.2 cm³/mol. The minimum atomic E-state index is -4.19. The molecule has 0 bridgehead atoms. The summed E-state index contributed by atoms with van der Waals surface area (Å²) in [5.74, 6) is 0.00876. The lowest BCUT2D eigenvalue weighted by molar-refractivity contribution is -0.161. The van der Waals surface area contributed by atoms with Gasteiger partial charge in [-0.1, -0.05) is 26.2 Å². The summed E-state index contributed by atoms with van der Waals surface area (Å²) in [7, 11) is 0. The van der Waals surface area contributed by atoms with Crippen molar-refractivity contribution in [3.8, 4) is 0 Å². The molecule has 116 valence electrons. The number of piperidine rings is 1. The van der Waals surface area contributed by atoms with Crippen molar-refractivity contribution < 1.29 is 18.0 Å². The van der Waals surface area contributed by atoms with Crippen LogP contribution in [0.1, 0.15) is 51.9 Å². The first-order valence-electron chi connectivity index (χ1n) is 7.42. The van der Waals surface area contributed by atoms with Crippen molar-refractivity contribution in [2.45, 2.75) is 70.1 Å². The normalized spacial score (nSPS) is 30.8. The van der Waals surface area contributed by atoms with E-state index in [9.17, 15) is 18.0 Å². The van der Waals surface area contributed by atoms with Crippen LogP contribution in [0.15, 0.2) is 0 Å². The van der Waals surface area contributed by atoms with E-state index in [1.807, 2.05) is 6.92 Å². The van der Waals surface area contributed by atoms with E-state index in [2.05, 4.69) is 10.6 Å². The van der Waals surface area contributed by atoms with Gasteiger partial charge < -0.3 is 10.6 Å². The highest BCUT2D eigenvalue weighted by molar-refractivity contribution is 5.82. The second-order valence-corrected chi connectivity index (χ2v) is 6.37. The standard InChI is InChI=1S/C14H23F3N2O/c1-13(7-3-2-4-8-13)12(20)19-10-5-6-11(18-9-10)14(15,16)17/h10-11,18H,2-9H2,1H3,(H,19,20). The summed E-state index contributed by atoms with van der Waals surface area (Å²) in [4.78, 5) is 12.3. The highest BCUT2D eigenvalue weighted by atomic mass is 19.4. The van der Waals surface area contributed by atoms with Crippen molar-refractivity contribution in [2.24, 2.45) is 5.41 Å². The molecule has 2 rings (SSSR count). The minimum absolute atomic E-state index is 0.00876. The highest BCUT2D eigenvalue weighted by Gasteiger charge is 2.42. The van der Waals surface area contributed by atoms with E-state index in [1.54, 1.807) is 0 Å². The molecule has 1 amide bonds. The van der Waals surface area contributed by atoms with Crippen LogP contribution in [0, 0.1) is 5.41 Å². The summed E-state index contributed by atoms with van der Waals surface area (Å²) in [6, 6.07) is -1.61. The molecule has 0 aromatic carbocycles. The Balaban J connectivity index is 1.82. The molecule has 0 radical (unpaired) electrons. The second kappa shape index (κ2) is 5.92. The van der Waals surface area contributed by atoms with Gasteiger partial charge in [0, 0.05) is 18.0 Å².